The quantitative estimate of drug-likeness (QED) is 0.839. The first-order chi connectivity index (χ1) is 10.0. The number of rotatable bonds is 7. The first-order valence-electron chi connectivity index (χ1n) is 7.76. The average Bonchev–Trinajstić information content (AvgIpc) is 2.95. The van der Waals surface area contributed by atoms with E-state index in [0.717, 1.165) is 37.6 Å². The lowest BCUT2D eigenvalue weighted by Gasteiger charge is -2.35. The van der Waals surface area contributed by atoms with Crippen LogP contribution in [0.25, 0.3) is 0 Å². The maximum Gasteiger partial charge on any atom is 0.211 e. The standard InChI is InChI=1S/C15H26N2O3S/c1-3-11-21(18,19)16-12-14(15-5-4-10-20-15)17-8-6-13(2)7-9-17/h4-5,10,13-14,16H,3,6-9,11-12H2,1-2H3. The van der Waals surface area contributed by atoms with E-state index in [1.807, 2.05) is 19.1 Å². The third kappa shape index (κ3) is 4.83. The van der Waals surface area contributed by atoms with E-state index in [4.69, 9.17) is 4.42 Å². The summed E-state index contributed by atoms with van der Waals surface area (Å²) in [7, 11) is -3.19. The zero-order chi connectivity index (χ0) is 15.3. The summed E-state index contributed by atoms with van der Waals surface area (Å²) in [4.78, 5) is 2.33. The van der Waals surface area contributed by atoms with Crippen molar-refractivity contribution in [2.75, 3.05) is 25.4 Å². The van der Waals surface area contributed by atoms with Gasteiger partial charge in [-0.2, -0.15) is 0 Å². The van der Waals surface area contributed by atoms with Gasteiger partial charge in [-0.3, -0.25) is 4.90 Å². The number of piperidine rings is 1. The second-order valence-corrected chi connectivity index (χ2v) is 7.84. The van der Waals surface area contributed by atoms with Crippen molar-refractivity contribution >= 4 is 10.0 Å². The maximum atomic E-state index is 11.9. The number of hydrogen-bond acceptors (Lipinski definition) is 4. The minimum atomic E-state index is -3.19. The van der Waals surface area contributed by atoms with Crippen LogP contribution in [0.15, 0.2) is 22.8 Å². The van der Waals surface area contributed by atoms with E-state index < -0.39 is 10.0 Å². The van der Waals surface area contributed by atoms with Crippen LogP contribution in [0.4, 0.5) is 0 Å². The monoisotopic (exact) mass is 314 g/mol. The summed E-state index contributed by atoms with van der Waals surface area (Å²) in [5.41, 5.74) is 0. The van der Waals surface area contributed by atoms with Crippen LogP contribution in [0, 0.1) is 5.92 Å². The van der Waals surface area contributed by atoms with Gasteiger partial charge < -0.3 is 4.42 Å². The maximum absolute atomic E-state index is 11.9. The Balaban J connectivity index is 2.03. The van der Waals surface area contributed by atoms with Gasteiger partial charge in [0.15, 0.2) is 0 Å². The van der Waals surface area contributed by atoms with Gasteiger partial charge in [-0.1, -0.05) is 13.8 Å². The molecule has 0 bridgehead atoms. The summed E-state index contributed by atoms with van der Waals surface area (Å²) in [5, 5.41) is 0. The number of furan rings is 1. The predicted molar refractivity (Wildman–Crippen MR) is 83.5 cm³/mol. The molecular formula is C15H26N2O3S. The van der Waals surface area contributed by atoms with E-state index in [2.05, 4.69) is 16.5 Å². The zero-order valence-corrected chi connectivity index (χ0v) is 13.7. The Morgan fingerprint density at radius 2 is 2.14 bits per heavy atom. The van der Waals surface area contributed by atoms with Crippen molar-refractivity contribution in [3.05, 3.63) is 24.2 Å². The number of nitrogens with zero attached hydrogens (tertiary/aromatic N) is 1. The fraction of sp³-hybridized carbons (Fsp3) is 0.733. The van der Waals surface area contributed by atoms with Crippen molar-refractivity contribution in [2.24, 2.45) is 5.92 Å². The Kier molecular flexibility index (Phi) is 5.84. The van der Waals surface area contributed by atoms with Crippen molar-refractivity contribution in [2.45, 2.75) is 39.2 Å². The summed E-state index contributed by atoms with van der Waals surface area (Å²) in [5.74, 6) is 1.76. The van der Waals surface area contributed by atoms with E-state index >= 15 is 0 Å². The molecule has 6 heteroatoms. The van der Waals surface area contributed by atoms with Gasteiger partial charge in [0.1, 0.15) is 5.76 Å². The van der Waals surface area contributed by atoms with Crippen LogP contribution in [-0.4, -0.2) is 38.7 Å². The molecule has 0 aromatic carbocycles. The SMILES string of the molecule is CCCS(=O)(=O)NCC(c1ccco1)N1CCC(C)CC1. The highest BCUT2D eigenvalue weighted by Crippen LogP contribution is 2.26. The van der Waals surface area contributed by atoms with E-state index in [0.29, 0.717) is 13.0 Å². The molecule has 1 aliphatic rings. The second-order valence-electron chi connectivity index (χ2n) is 5.92. The molecule has 1 aromatic heterocycles. The molecular weight excluding hydrogens is 288 g/mol. The lowest BCUT2D eigenvalue weighted by atomic mass is 9.97. The Morgan fingerprint density at radius 3 is 2.71 bits per heavy atom. The van der Waals surface area contributed by atoms with Crippen LogP contribution in [0.2, 0.25) is 0 Å². The Bertz CT molecular complexity index is 505. The lowest BCUT2D eigenvalue weighted by molar-refractivity contribution is 0.125. The minimum absolute atomic E-state index is 0.0147. The fourth-order valence-electron chi connectivity index (χ4n) is 2.78. The third-order valence-electron chi connectivity index (χ3n) is 4.10. The summed E-state index contributed by atoms with van der Waals surface area (Å²) in [6, 6.07) is 3.77. The molecule has 0 amide bonds. The molecule has 5 nitrogen and oxygen atoms in total. The van der Waals surface area contributed by atoms with Crippen LogP contribution < -0.4 is 4.72 Å². The molecule has 1 aliphatic heterocycles. The number of nitrogens with one attached hydrogen (secondary N) is 1. The van der Waals surface area contributed by atoms with Gasteiger partial charge in [-0.15, -0.1) is 0 Å². The van der Waals surface area contributed by atoms with Crippen molar-refractivity contribution in [1.29, 1.82) is 0 Å². The van der Waals surface area contributed by atoms with Gasteiger partial charge in [0.25, 0.3) is 0 Å². The van der Waals surface area contributed by atoms with E-state index in [9.17, 15) is 8.42 Å². The van der Waals surface area contributed by atoms with Gasteiger partial charge in [0.05, 0.1) is 18.1 Å². The van der Waals surface area contributed by atoms with Crippen LogP contribution >= 0.6 is 0 Å². The molecule has 0 spiro atoms. The van der Waals surface area contributed by atoms with Gasteiger partial charge in [-0.25, -0.2) is 13.1 Å². The van der Waals surface area contributed by atoms with Gasteiger partial charge in [0, 0.05) is 6.54 Å². The van der Waals surface area contributed by atoms with E-state index in [-0.39, 0.29) is 11.8 Å². The topological polar surface area (TPSA) is 62.6 Å². The Hall–Kier alpha value is -0.850. The molecule has 21 heavy (non-hydrogen) atoms. The van der Waals surface area contributed by atoms with Crippen molar-refractivity contribution in [1.82, 2.24) is 9.62 Å². The summed E-state index contributed by atoms with van der Waals surface area (Å²) in [6.07, 6.45) is 4.58. The zero-order valence-electron chi connectivity index (χ0n) is 12.9. The molecule has 1 saturated heterocycles. The molecule has 0 saturated carbocycles. The van der Waals surface area contributed by atoms with E-state index in [1.165, 1.54) is 0 Å². The van der Waals surface area contributed by atoms with Gasteiger partial charge >= 0.3 is 0 Å². The molecule has 0 aliphatic carbocycles. The molecule has 1 unspecified atom stereocenters. The smallest absolute Gasteiger partial charge is 0.211 e. The lowest BCUT2D eigenvalue weighted by Crippen LogP contribution is -2.42. The van der Waals surface area contributed by atoms with Crippen molar-refractivity contribution in [3.63, 3.8) is 0 Å². The molecule has 1 N–H and O–H groups in total. The summed E-state index contributed by atoms with van der Waals surface area (Å²) < 4.78 is 32.0. The predicted octanol–water partition coefficient (Wildman–Crippen LogP) is 2.38. The highest BCUT2D eigenvalue weighted by atomic mass is 32.2. The van der Waals surface area contributed by atoms with Crippen LogP contribution in [0.1, 0.15) is 44.9 Å². The molecule has 1 atom stereocenters. The number of hydrogen-bond donors (Lipinski definition) is 1. The van der Waals surface area contributed by atoms with Crippen molar-refractivity contribution in [3.8, 4) is 0 Å². The number of sulfonamides is 1. The number of likely N-dealkylation sites (tertiary alicyclic amines) is 1. The van der Waals surface area contributed by atoms with Crippen LogP contribution in [0.3, 0.4) is 0 Å². The average molecular weight is 314 g/mol. The highest BCUT2D eigenvalue weighted by Gasteiger charge is 2.27. The highest BCUT2D eigenvalue weighted by molar-refractivity contribution is 7.89. The molecule has 2 rings (SSSR count). The van der Waals surface area contributed by atoms with Gasteiger partial charge in [0.2, 0.25) is 10.0 Å². The summed E-state index contributed by atoms with van der Waals surface area (Å²) >= 11 is 0. The molecule has 1 aromatic rings. The van der Waals surface area contributed by atoms with Crippen LogP contribution in [-0.2, 0) is 10.0 Å². The van der Waals surface area contributed by atoms with Crippen LogP contribution in [0.5, 0.6) is 0 Å². The minimum Gasteiger partial charge on any atom is -0.468 e. The Morgan fingerprint density at radius 1 is 1.43 bits per heavy atom. The van der Waals surface area contributed by atoms with Gasteiger partial charge in [-0.05, 0) is 50.4 Å². The van der Waals surface area contributed by atoms with Crippen molar-refractivity contribution < 1.29 is 12.8 Å². The fourth-order valence-corrected chi connectivity index (χ4v) is 3.87. The van der Waals surface area contributed by atoms with E-state index in [1.54, 1.807) is 6.26 Å². The molecule has 0 radical (unpaired) electrons. The second kappa shape index (κ2) is 7.42. The largest absolute Gasteiger partial charge is 0.468 e. The third-order valence-corrected chi connectivity index (χ3v) is 5.65. The molecule has 1 fully saturated rings. The Labute approximate surface area is 127 Å². The molecule has 2 heterocycles. The molecule has 120 valence electrons. The first-order valence-corrected chi connectivity index (χ1v) is 9.42. The summed E-state index contributed by atoms with van der Waals surface area (Å²) in [6.45, 7) is 6.49. The normalized spacial score (nSPS) is 19.7. The first kappa shape index (κ1) is 16.5.